The zero-order chi connectivity index (χ0) is 11.1. The highest BCUT2D eigenvalue weighted by Gasteiger charge is 1.98. The number of thiocarbonyl (C=S) groups is 1. The molecule has 80 valence electrons. The minimum atomic E-state index is 0.441. The van der Waals surface area contributed by atoms with E-state index in [1.54, 1.807) is 6.20 Å². The van der Waals surface area contributed by atoms with E-state index in [1.807, 2.05) is 12.3 Å². The largest absolute Gasteiger partial charge is 0.390 e. The Morgan fingerprint density at radius 1 is 1.47 bits per heavy atom. The summed E-state index contributed by atoms with van der Waals surface area (Å²) in [6.07, 6.45) is 7.84. The van der Waals surface area contributed by atoms with Crippen molar-refractivity contribution in [2.24, 2.45) is 5.73 Å². The number of rotatable bonds is 6. The fourth-order valence-corrected chi connectivity index (χ4v) is 1.44. The lowest BCUT2D eigenvalue weighted by Crippen LogP contribution is -2.10. The van der Waals surface area contributed by atoms with E-state index in [0.717, 1.165) is 31.3 Å². The summed E-state index contributed by atoms with van der Waals surface area (Å²) in [6, 6.07) is 4.05. The lowest BCUT2D eigenvalue weighted by atomic mass is 10.1. The van der Waals surface area contributed by atoms with Crippen LogP contribution >= 0.6 is 12.2 Å². The lowest BCUT2D eigenvalue weighted by molar-refractivity contribution is 0.739. The van der Waals surface area contributed by atoms with Gasteiger partial charge in [0.05, 0.1) is 4.99 Å². The first-order valence-corrected chi connectivity index (χ1v) is 5.47. The minimum absolute atomic E-state index is 0.441. The van der Waals surface area contributed by atoms with Gasteiger partial charge in [-0.3, -0.25) is 4.98 Å². The quantitative estimate of drug-likeness (QED) is 0.455. The average Bonchev–Trinajstić information content (AvgIpc) is 2.25. The Labute approximate surface area is 96.2 Å². The zero-order valence-electron chi connectivity index (χ0n) is 8.78. The first-order valence-electron chi connectivity index (χ1n) is 5.06. The molecule has 2 nitrogen and oxygen atoms in total. The van der Waals surface area contributed by atoms with E-state index in [0.29, 0.717) is 4.99 Å². The van der Waals surface area contributed by atoms with Gasteiger partial charge < -0.3 is 5.73 Å². The van der Waals surface area contributed by atoms with Crippen molar-refractivity contribution < 1.29 is 0 Å². The van der Waals surface area contributed by atoms with Gasteiger partial charge in [-0.2, -0.15) is 0 Å². The van der Waals surface area contributed by atoms with Crippen molar-refractivity contribution in [1.29, 1.82) is 0 Å². The Morgan fingerprint density at radius 2 is 2.27 bits per heavy atom. The van der Waals surface area contributed by atoms with Crippen molar-refractivity contribution in [2.75, 3.05) is 0 Å². The summed E-state index contributed by atoms with van der Waals surface area (Å²) in [4.78, 5) is 4.51. The van der Waals surface area contributed by atoms with Crippen LogP contribution in [-0.2, 0) is 6.42 Å². The maximum atomic E-state index is 5.45. The molecule has 0 atom stereocenters. The first-order chi connectivity index (χ1) is 7.20. The van der Waals surface area contributed by atoms with Gasteiger partial charge in [0.1, 0.15) is 0 Å². The number of aromatic nitrogens is 1. The van der Waals surface area contributed by atoms with Crippen molar-refractivity contribution in [3.05, 3.63) is 42.2 Å². The van der Waals surface area contributed by atoms with Crippen LogP contribution in [0.4, 0.5) is 0 Å². The van der Waals surface area contributed by atoms with Crippen molar-refractivity contribution in [3.63, 3.8) is 0 Å². The summed E-state index contributed by atoms with van der Waals surface area (Å²) in [5.74, 6) is 0. The summed E-state index contributed by atoms with van der Waals surface area (Å²) < 4.78 is 0. The molecule has 0 fully saturated rings. The Bertz CT molecular complexity index is 333. The normalized spacial score (nSPS) is 9.87. The second kappa shape index (κ2) is 6.30. The number of aryl methyl sites for hydroxylation is 1. The maximum Gasteiger partial charge on any atom is 0.0988 e. The fraction of sp³-hybridized carbons (Fsp3) is 0.333. The number of nitrogens with zero attached hydrogens (tertiary/aromatic N) is 1. The van der Waals surface area contributed by atoms with E-state index in [-0.39, 0.29) is 0 Å². The molecule has 0 aliphatic rings. The molecule has 0 saturated heterocycles. The van der Waals surface area contributed by atoms with Crippen LogP contribution in [0.15, 0.2) is 36.7 Å². The second-order valence-electron chi connectivity index (χ2n) is 3.54. The van der Waals surface area contributed by atoms with Gasteiger partial charge in [-0.1, -0.05) is 24.9 Å². The van der Waals surface area contributed by atoms with Crippen LogP contribution in [0.3, 0.4) is 0 Å². The average molecular weight is 220 g/mol. The van der Waals surface area contributed by atoms with E-state index < -0.39 is 0 Å². The molecule has 1 rings (SSSR count). The van der Waals surface area contributed by atoms with Crippen LogP contribution in [-0.4, -0.2) is 9.97 Å². The standard InChI is InChI=1S/C12H16N2S/c1-10(12(13)15)5-2-3-6-11-7-4-8-14-9-11/h4,7-9H,1-3,5-6H2,(H2,13,15). The van der Waals surface area contributed by atoms with E-state index in [4.69, 9.17) is 18.0 Å². The number of hydrogen-bond acceptors (Lipinski definition) is 2. The Hall–Kier alpha value is -1.22. The van der Waals surface area contributed by atoms with Gasteiger partial charge in [-0.15, -0.1) is 0 Å². The summed E-state index contributed by atoms with van der Waals surface area (Å²) in [5.41, 5.74) is 7.61. The third-order valence-electron chi connectivity index (χ3n) is 2.27. The molecular formula is C12H16N2S. The smallest absolute Gasteiger partial charge is 0.0988 e. The number of nitrogens with two attached hydrogens (primary N) is 1. The van der Waals surface area contributed by atoms with Crippen LogP contribution in [0.1, 0.15) is 24.8 Å². The molecule has 0 unspecified atom stereocenters. The molecule has 1 aromatic heterocycles. The number of hydrogen-bond donors (Lipinski definition) is 1. The molecular weight excluding hydrogens is 204 g/mol. The molecule has 0 aromatic carbocycles. The molecule has 0 radical (unpaired) electrons. The summed E-state index contributed by atoms with van der Waals surface area (Å²) >= 11 is 4.83. The molecule has 0 saturated carbocycles. The number of pyridine rings is 1. The van der Waals surface area contributed by atoms with Gasteiger partial charge in [0.25, 0.3) is 0 Å². The van der Waals surface area contributed by atoms with Crippen LogP contribution in [0, 0.1) is 0 Å². The predicted molar refractivity (Wildman–Crippen MR) is 67.7 cm³/mol. The predicted octanol–water partition coefficient (Wildman–Crippen LogP) is 2.64. The van der Waals surface area contributed by atoms with Crippen LogP contribution in [0.25, 0.3) is 0 Å². The maximum absolute atomic E-state index is 5.45. The zero-order valence-corrected chi connectivity index (χ0v) is 9.59. The fourth-order valence-electron chi connectivity index (χ4n) is 1.34. The van der Waals surface area contributed by atoms with Crippen molar-refractivity contribution >= 4 is 17.2 Å². The molecule has 2 N–H and O–H groups in total. The van der Waals surface area contributed by atoms with Gasteiger partial charge in [0.15, 0.2) is 0 Å². The first kappa shape index (κ1) is 11.9. The molecule has 0 bridgehead atoms. The van der Waals surface area contributed by atoms with Crippen molar-refractivity contribution in [3.8, 4) is 0 Å². The van der Waals surface area contributed by atoms with Crippen molar-refractivity contribution in [1.82, 2.24) is 4.98 Å². The van der Waals surface area contributed by atoms with Crippen LogP contribution in [0.5, 0.6) is 0 Å². The Kier molecular flexibility index (Phi) is 4.98. The van der Waals surface area contributed by atoms with Crippen molar-refractivity contribution in [2.45, 2.75) is 25.7 Å². The van der Waals surface area contributed by atoms with Gasteiger partial charge in [-0.05, 0) is 42.9 Å². The monoisotopic (exact) mass is 220 g/mol. The highest BCUT2D eigenvalue weighted by molar-refractivity contribution is 7.80. The Balaban J connectivity index is 2.18. The minimum Gasteiger partial charge on any atom is -0.390 e. The topological polar surface area (TPSA) is 38.9 Å². The molecule has 15 heavy (non-hydrogen) atoms. The molecule has 0 spiro atoms. The van der Waals surface area contributed by atoms with Crippen LogP contribution in [0.2, 0.25) is 0 Å². The molecule has 1 heterocycles. The van der Waals surface area contributed by atoms with E-state index >= 15 is 0 Å². The van der Waals surface area contributed by atoms with Gasteiger partial charge in [-0.25, -0.2) is 0 Å². The summed E-state index contributed by atoms with van der Waals surface area (Å²) in [5, 5.41) is 0. The Morgan fingerprint density at radius 3 is 2.87 bits per heavy atom. The molecule has 0 aliphatic carbocycles. The third kappa shape index (κ3) is 4.70. The van der Waals surface area contributed by atoms with Crippen LogP contribution < -0.4 is 5.73 Å². The van der Waals surface area contributed by atoms with Gasteiger partial charge in [0, 0.05) is 12.4 Å². The molecule has 0 aliphatic heterocycles. The van der Waals surface area contributed by atoms with E-state index in [9.17, 15) is 0 Å². The SMILES string of the molecule is C=C(CCCCc1cccnc1)C(N)=S. The second-order valence-corrected chi connectivity index (χ2v) is 3.98. The summed E-state index contributed by atoms with van der Waals surface area (Å²) in [6.45, 7) is 3.82. The lowest BCUT2D eigenvalue weighted by Gasteiger charge is -2.03. The highest BCUT2D eigenvalue weighted by Crippen LogP contribution is 2.09. The molecule has 3 heteroatoms. The van der Waals surface area contributed by atoms with Gasteiger partial charge in [0.2, 0.25) is 0 Å². The van der Waals surface area contributed by atoms with Gasteiger partial charge >= 0.3 is 0 Å². The van der Waals surface area contributed by atoms with E-state index in [1.165, 1.54) is 5.56 Å². The summed E-state index contributed by atoms with van der Waals surface area (Å²) in [7, 11) is 0. The highest BCUT2D eigenvalue weighted by atomic mass is 32.1. The third-order valence-corrected chi connectivity index (χ3v) is 2.55. The molecule has 1 aromatic rings. The molecule has 0 amide bonds. The van der Waals surface area contributed by atoms with E-state index in [2.05, 4.69) is 17.6 Å². The number of unbranched alkanes of at least 4 members (excludes halogenated alkanes) is 1.